The summed E-state index contributed by atoms with van der Waals surface area (Å²) in [6, 6.07) is 2.87. The maximum atomic E-state index is 11.0. The molecule has 0 amide bonds. The molecule has 0 bridgehead atoms. The van der Waals surface area contributed by atoms with Crippen molar-refractivity contribution >= 4 is 21.9 Å². The van der Waals surface area contributed by atoms with Crippen LogP contribution >= 0.6 is 15.9 Å². The highest BCUT2D eigenvalue weighted by molar-refractivity contribution is 9.09. The average molecular weight is 303 g/mol. The minimum absolute atomic E-state index is 0.191. The Bertz CT molecular complexity index is 404. The van der Waals surface area contributed by atoms with Crippen molar-refractivity contribution in [2.24, 2.45) is 0 Å². The number of aromatic carboxylic acids is 1. The van der Waals surface area contributed by atoms with Crippen LogP contribution in [0.25, 0.3) is 0 Å². The van der Waals surface area contributed by atoms with E-state index in [1.54, 1.807) is 6.07 Å². The van der Waals surface area contributed by atoms with Gasteiger partial charge in [0.1, 0.15) is 5.56 Å². The lowest BCUT2D eigenvalue weighted by molar-refractivity contribution is 0.0691. The molecule has 5 heteroatoms. The number of aromatic hydroxyl groups is 2. The first-order valence-electron chi connectivity index (χ1n) is 5.41. The Morgan fingerprint density at radius 2 is 1.88 bits per heavy atom. The topological polar surface area (TPSA) is 77.8 Å². The van der Waals surface area contributed by atoms with Crippen LogP contribution in [0.4, 0.5) is 0 Å². The molecule has 0 unspecified atom stereocenters. The Hall–Kier alpha value is -1.23. The van der Waals surface area contributed by atoms with Gasteiger partial charge in [-0.15, -0.1) is 0 Å². The largest absolute Gasteiger partial charge is 0.504 e. The van der Waals surface area contributed by atoms with Gasteiger partial charge in [-0.05, 0) is 30.9 Å². The molecule has 0 saturated heterocycles. The van der Waals surface area contributed by atoms with Crippen LogP contribution in [0.2, 0.25) is 0 Å². The third-order valence-electron chi connectivity index (χ3n) is 2.54. The maximum Gasteiger partial charge on any atom is 0.339 e. The number of carboxylic acid groups (broad SMARTS) is 1. The van der Waals surface area contributed by atoms with E-state index in [0.717, 1.165) is 24.6 Å². The van der Waals surface area contributed by atoms with Gasteiger partial charge in [0.15, 0.2) is 11.5 Å². The summed E-state index contributed by atoms with van der Waals surface area (Å²) in [6.45, 7) is 0. The van der Waals surface area contributed by atoms with E-state index >= 15 is 0 Å². The summed E-state index contributed by atoms with van der Waals surface area (Å²) in [5, 5.41) is 28.7. The van der Waals surface area contributed by atoms with Crippen LogP contribution in [0.15, 0.2) is 12.1 Å². The number of hydrogen-bond acceptors (Lipinski definition) is 3. The molecule has 0 aromatic heterocycles. The second-order valence-corrected chi connectivity index (χ2v) is 4.57. The molecular formula is C12H15BrO4. The zero-order valence-electron chi connectivity index (χ0n) is 9.32. The molecule has 0 aliphatic heterocycles. The van der Waals surface area contributed by atoms with E-state index in [0.29, 0.717) is 12.0 Å². The van der Waals surface area contributed by atoms with Crippen LogP contribution in [-0.4, -0.2) is 26.6 Å². The summed E-state index contributed by atoms with van der Waals surface area (Å²) < 4.78 is 0. The van der Waals surface area contributed by atoms with Crippen LogP contribution in [0.3, 0.4) is 0 Å². The van der Waals surface area contributed by atoms with Gasteiger partial charge >= 0.3 is 5.97 Å². The van der Waals surface area contributed by atoms with Gasteiger partial charge in [0.2, 0.25) is 0 Å². The summed E-state index contributed by atoms with van der Waals surface area (Å²) in [6.07, 6.45) is 3.47. The molecule has 0 heterocycles. The first-order valence-corrected chi connectivity index (χ1v) is 6.53. The third kappa shape index (κ3) is 3.63. The van der Waals surface area contributed by atoms with E-state index in [2.05, 4.69) is 15.9 Å². The van der Waals surface area contributed by atoms with Crippen molar-refractivity contribution in [1.29, 1.82) is 0 Å². The predicted molar refractivity (Wildman–Crippen MR) is 68.1 cm³/mol. The van der Waals surface area contributed by atoms with Crippen molar-refractivity contribution in [3.8, 4) is 11.5 Å². The minimum Gasteiger partial charge on any atom is -0.504 e. The Labute approximate surface area is 108 Å². The monoisotopic (exact) mass is 302 g/mol. The summed E-state index contributed by atoms with van der Waals surface area (Å²) in [5.74, 6) is -2.16. The van der Waals surface area contributed by atoms with Gasteiger partial charge in [0.25, 0.3) is 0 Å². The number of hydrogen-bond donors (Lipinski definition) is 3. The smallest absolute Gasteiger partial charge is 0.339 e. The minimum atomic E-state index is -1.21. The molecule has 0 atom stereocenters. The highest BCUT2D eigenvalue weighted by Gasteiger charge is 2.18. The van der Waals surface area contributed by atoms with Crippen molar-refractivity contribution in [2.45, 2.75) is 25.7 Å². The fourth-order valence-electron chi connectivity index (χ4n) is 1.66. The molecule has 1 aromatic carbocycles. The van der Waals surface area contributed by atoms with E-state index in [4.69, 9.17) is 5.11 Å². The SMILES string of the molecule is O=C(O)c1c(CCCCCBr)ccc(O)c1O. The fourth-order valence-corrected chi connectivity index (χ4v) is 2.05. The van der Waals surface area contributed by atoms with Gasteiger partial charge in [-0.1, -0.05) is 28.4 Å². The van der Waals surface area contributed by atoms with Gasteiger partial charge in [0.05, 0.1) is 0 Å². The van der Waals surface area contributed by atoms with Crippen molar-refractivity contribution in [3.05, 3.63) is 23.3 Å². The molecule has 3 N–H and O–H groups in total. The molecule has 0 aliphatic carbocycles. The number of alkyl halides is 1. The number of carboxylic acids is 1. The number of aryl methyl sites for hydroxylation is 1. The number of rotatable bonds is 6. The van der Waals surface area contributed by atoms with Crippen LogP contribution in [0.1, 0.15) is 35.2 Å². The van der Waals surface area contributed by atoms with E-state index in [1.807, 2.05) is 0 Å². The van der Waals surface area contributed by atoms with E-state index in [9.17, 15) is 15.0 Å². The molecular weight excluding hydrogens is 288 g/mol. The second kappa shape index (κ2) is 6.49. The molecule has 4 nitrogen and oxygen atoms in total. The number of benzene rings is 1. The standard InChI is InChI=1S/C12H15BrO4/c13-7-3-1-2-4-8-5-6-9(14)11(15)10(8)12(16)17/h5-6,14-15H,1-4,7H2,(H,16,17). The van der Waals surface area contributed by atoms with Crippen molar-refractivity contribution in [2.75, 3.05) is 5.33 Å². The average Bonchev–Trinajstić information content (AvgIpc) is 2.28. The Morgan fingerprint density at radius 1 is 1.18 bits per heavy atom. The molecule has 0 saturated carbocycles. The normalized spacial score (nSPS) is 10.4. The van der Waals surface area contributed by atoms with Crippen LogP contribution in [0, 0.1) is 0 Å². The lowest BCUT2D eigenvalue weighted by Gasteiger charge is -2.09. The fraction of sp³-hybridized carbons (Fsp3) is 0.417. The van der Waals surface area contributed by atoms with Gasteiger partial charge in [-0.3, -0.25) is 0 Å². The van der Waals surface area contributed by atoms with Gasteiger partial charge in [-0.2, -0.15) is 0 Å². The molecule has 0 radical (unpaired) electrons. The highest BCUT2D eigenvalue weighted by atomic mass is 79.9. The van der Waals surface area contributed by atoms with E-state index in [1.165, 1.54) is 6.07 Å². The highest BCUT2D eigenvalue weighted by Crippen LogP contribution is 2.32. The maximum absolute atomic E-state index is 11.0. The van der Waals surface area contributed by atoms with Crippen LogP contribution in [-0.2, 0) is 6.42 Å². The zero-order valence-corrected chi connectivity index (χ0v) is 10.9. The quantitative estimate of drug-likeness (QED) is 0.429. The van der Waals surface area contributed by atoms with E-state index in [-0.39, 0.29) is 5.56 Å². The Balaban J connectivity index is 2.84. The number of phenolic OH excluding ortho intramolecular Hbond substituents is 1. The third-order valence-corrected chi connectivity index (χ3v) is 3.10. The number of phenols is 2. The lowest BCUT2D eigenvalue weighted by atomic mass is 10.00. The van der Waals surface area contributed by atoms with Crippen molar-refractivity contribution in [3.63, 3.8) is 0 Å². The molecule has 17 heavy (non-hydrogen) atoms. The van der Waals surface area contributed by atoms with Gasteiger partial charge in [0, 0.05) is 5.33 Å². The molecule has 94 valence electrons. The Kier molecular flexibility index (Phi) is 5.28. The van der Waals surface area contributed by atoms with Crippen molar-refractivity contribution in [1.82, 2.24) is 0 Å². The van der Waals surface area contributed by atoms with Crippen LogP contribution in [0.5, 0.6) is 11.5 Å². The predicted octanol–water partition coefficient (Wildman–Crippen LogP) is 2.90. The first-order chi connectivity index (χ1) is 8.07. The second-order valence-electron chi connectivity index (χ2n) is 3.77. The number of carbonyl (C=O) groups is 1. The zero-order chi connectivity index (χ0) is 12.8. The van der Waals surface area contributed by atoms with Gasteiger partial charge < -0.3 is 15.3 Å². The van der Waals surface area contributed by atoms with E-state index < -0.39 is 17.5 Å². The molecule has 1 aromatic rings. The Morgan fingerprint density at radius 3 is 2.47 bits per heavy atom. The van der Waals surface area contributed by atoms with Gasteiger partial charge in [-0.25, -0.2) is 4.79 Å². The molecule has 1 rings (SSSR count). The molecule has 0 spiro atoms. The summed E-state index contributed by atoms with van der Waals surface area (Å²) >= 11 is 3.33. The summed E-state index contributed by atoms with van der Waals surface area (Å²) in [5.41, 5.74) is 0.367. The molecule has 0 fully saturated rings. The number of unbranched alkanes of at least 4 members (excludes halogenated alkanes) is 2. The lowest BCUT2D eigenvalue weighted by Crippen LogP contribution is -2.03. The summed E-state index contributed by atoms with van der Waals surface area (Å²) in [4.78, 5) is 11.0. The first kappa shape index (κ1) is 13.8. The number of halogens is 1. The van der Waals surface area contributed by atoms with Crippen molar-refractivity contribution < 1.29 is 20.1 Å². The summed E-state index contributed by atoms with van der Waals surface area (Å²) in [7, 11) is 0. The van der Waals surface area contributed by atoms with Crippen LogP contribution < -0.4 is 0 Å². The molecule has 0 aliphatic rings.